The Kier molecular flexibility index (Phi) is 9.24. The van der Waals surface area contributed by atoms with Crippen molar-refractivity contribution in [1.82, 2.24) is 9.80 Å². The number of carbonyl (C=O) groups is 1. The SMILES string of the molecule is CC.CCOC(=O)CN1CCN(CC)CC1. The molecule has 4 heteroatoms. The van der Waals surface area contributed by atoms with Gasteiger partial charge in [-0.2, -0.15) is 0 Å². The highest BCUT2D eigenvalue weighted by Gasteiger charge is 2.17. The normalized spacial score (nSPS) is 17.5. The molecule has 0 bridgehead atoms. The molecule has 0 saturated carbocycles. The maximum Gasteiger partial charge on any atom is 0.320 e. The Hall–Kier alpha value is -0.610. The Labute approximate surface area is 99.5 Å². The molecule has 1 aliphatic heterocycles. The molecule has 0 N–H and O–H groups in total. The number of hydrogen-bond donors (Lipinski definition) is 0. The molecule has 4 nitrogen and oxygen atoms in total. The van der Waals surface area contributed by atoms with E-state index in [2.05, 4.69) is 16.7 Å². The Morgan fingerprint density at radius 1 is 1.06 bits per heavy atom. The van der Waals surface area contributed by atoms with Crippen LogP contribution >= 0.6 is 0 Å². The lowest BCUT2D eigenvalue weighted by Gasteiger charge is -2.33. The first-order valence-corrected chi connectivity index (χ1v) is 6.36. The van der Waals surface area contributed by atoms with Crippen molar-refractivity contribution >= 4 is 5.97 Å². The van der Waals surface area contributed by atoms with Crippen molar-refractivity contribution in [2.45, 2.75) is 27.7 Å². The van der Waals surface area contributed by atoms with E-state index in [0.29, 0.717) is 13.2 Å². The van der Waals surface area contributed by atoms with Crippen LogP contribution in [-0.2, 0) is 9.53 Å². The lowest BCUT2D eigenvalue weighted by Crippen LogP contribution is -2.47. The molecule has 96 valence electrons. The maximum absolute atomic E-state index is 11.2. The topological polar surface area (TPSA) is 32.8 Å². The van der Waals surface area contributed by atoms with E-state index in [0.717, 1.165) is 32.7 Å². The number of hydrogen-bond acceptors (Lipinski definition) is 4. The minimum Gasteiger partial charge on any atom is -0.465 e. The van der Waals surface area contributed by atoms with Crippen LogP contribution in [0.25, 0.3) is 0 Å². The first-order valence-electron chi connectivity index (χ1n) is 6.36. The van der Waals surface area contributed by atoms with Gasteiger partial charge in [0.2, 0.25) is 0 Å². The molecule has 0 aromatic heterocycles. The molecule has 1 aliphatic rings. The zero-order valence-electron chi connectivity index (χ0n) is 11.2. The highest BCUT2D eigenvalue weighted by molar-refractivity contribution is 5.71. The molecule has 0 amide bonds. The van der Waals surface area contributed by atoms with Crippen molar-refractivity contribution in [3.8, 4) is 0 Å². The van der Waals surface area contributed by atoms with Crippen molar-refractivity contribution < 1.29 is 9.53 Å². The Morgan fingerprint density at radius 3 is 2.00 bits per heavy atom. The number of carbonyl (C=O) groups excluding carboxylic acids is 1. The maximum atomic E-state index is 11.2. The van der Waals surface area contributed by atoms with Gasteiger partial charge >= 0.3 is 5.97 Å². The third kappa shape index (κ3) is 6.08. The average molecular weight is 230 g/mol. The van der Waals surface area contributed by atoms with Gasteiger partial charge in [0.25, 0.3) is 0 Å². The summed E-state index contributed by atoms with van der Waals surface area (Å²) in [5, 5.41) is 0. The monoisotopic (exact) mass is 230 g/mol. The molecule has 1 rings (SSSR count). The smallest absolute Gasteiger partial charge is 0.320 e. The molecule has 0 spiro atoms. The zero-order valence-corrected chi connectivity index (χ0v) is 11.2. The predicted octanol–water partition coefficient (Wildman–Crippen LogP) is 1.21. The molecule has 16 heavy (non-hydrogen) atoms. The summed E-state index contributed by atoms with van der Waals surface area (Å²) in [6.07, 6.45) is 0. The Bertz CT molecular complexity index is 178. The fraction of sp³-hybridized carbons (Fsp3) is 0.917. The number of ether oxygens (including phenoxy) is 1. The largest absolute Gasteiger partial charge is 0.465 e. The van der Waals surface area contributed by atoms with Crippen LogP contribution in [0.2, 0.25) is 0 Å². The van der Waals surface area contributed by atoms with E-state index < -0.39 is 0 Å². The molecule has 0 aromatic rings. The summed E-state index contributed by atoms with van der Waals surface area (Å²) in [5.41, 5.74) is 0. The molecule has 1 heterocycles. The Morgan fingerprint density at radius 2 is 1.56 bits per heavy atom. The number of rotatable bonds is 4. The van der Waals surface area contributed by atoms with Crippen molar-refractivity contribution in [3.05, 3.63) is 0 Å². The number of likely N-dealkylation sites (N-methyl/N-ethyl adjacent to an activating group) is 1. The van der Waals surface area contributed by atoms with Crippen LogP contribution in [0.15, 0.2) is 0 Å². The fourth-order valence-electron chi connectivity index (χ4n) is 1.65. The van der Waals surface area contributed by atoms with Crippen LogP contribution in [0, 0.1) is 0 Å². The van der Waals surface area contributed by atoms with Crippen LogP contribution in [0.5, 0.6) is 0 Å². The average Bonchev–Trinajstić information content (AvgIpc) is 2.33. The van der Waals surface area contributed by atoms with Gasteiger partial charge in [-0.3, -0.25) is 9.69 Å². The zero-order chi connectivity index (χ0) is 12.4. The third-order valence-electron chi connectivity index (χ3n) is 2.57. The van der Waals surface area contributed by atoms with Gasteiger partial charge in [-0.25, -0.2) is 0 Å². The van der Waals surface area contributed by atoms with E-state index >= 15 is 0 Å². The quantitative estimate of drug-likeness (QED) is 0.680. The molecular formula is C12H26N2O2. The van der Waals surface area contributed by atoms with Gasteiger partial charge in [0.05, 0.1) is 13.2 Å². The van der Waals surface area contributed by atoms with Crippen LogP contribution < -0.4 is 0 Å². The molecule has 0 unspecified atom stereocenters. The van der Waals surface area contributed by atoms with E-state index in [-0.39, 0.29) is 5.97 Å². The lowest BCUT2D eigenvalue weighted by molar-refractivity contribution is -0.144. The molecule has 1 fully saturated rings. The van der Waals surface area contributed by atoms with E-state index in [1.165, 1.54) is 0 Å². The first-order chi connectivity index (χ1) is 7.76. The minimum atomic E-state index is -0.0996. The van der Waals surface area contributed by atoms with E-state index in [1.54, 1.807) is 0 Å². The summed E-state index contributed by atoms with van der Waals surface area (Å²) in [5.74, 6) is -0.0996. The summed E-state index contributed by atoms with van der Waals surface area (Å²) in [6, 6.07) is 0. The second-order valence-electron chi connectivity index (χ2n) is 3.52. The van der Waals surface area contributed by atoms with E-state index in [1.807, 2.05) is 20.8 Å². The van der Waals surface area contributed by atoms with E-state index in [9.17, 15) is 4.79 Å². The van der Waals surface area contributed by atoms with Gasteiger partial charge < -0.3 is 9.64 Å². The van der Waals surface area contributed by atoms with Gasteiger partial charge in [0.15, 0.2) is 0 Å². The van der Waals surface area contributed by atoms with Gasteiger partial charge in [-0.1, -0.05) is 20.8 Å². The third-order valence-corrected chi connectivity index (χ3v) is 2.57. The van der Waals surface area contributed by atoms with Gasteiger partial charge in [-0.05, 0) is 13.5 Å². The van der Waals surface area contributed by atoms with Crippen LogP contribution in [0.1, 0.15) is 27.7 Å². The second-order valence-corrected chi connectivity index (χ2v) is 3.52. The van der Waals surface area contributed by atoms with E-state index in [4.69, 9.17) is 4.74 Å². The van der Waals surface area contributed by atoms with Gasteiger partial charge in [0, 0.05) is 26.2 Å². The summed E-state index contributed by atoms with van der Waals surface area (Å²) in [6.45, 7) is 14.1. The molecule has 0 aromatic carbocycles. The molecule has 0 radical (unpaired) electrons. The standard InChI is InChI=1S/C10H20N2O2.C2H6/c1-3-11-5-7-12(8-6-11)9-10(13)14-4-2;1-2/h3-9H2,1-2H3;1-2H3. The summed E-state index contributed by atoms with van der Waals surface area (Å²) < 4.78 is 4.90. The summed E-state index contributed by atoms with van der Waals surface area (Å²) in [7, 11) is 0. The van der Waals surface area contributed by atoms with Gasteiger partial charge in [0.1, 0.15) is 0 Å². The van der Waals surface area contributed by atoms with Crippen LogP contribution in [0.3, 0.4) is 0 Å². The van der Waals surface area contributed by atoms with Crippen molar-refractivity contribution in [3.63, 3.8) is 0 Å². The molecule has 0 atom stereocenters. The fourth-order valence-corrected chi connectivity index (χ4v) is 1.65. The van der Waals surface area contributed by atoms with Crippen LogP contribution in [0.4, 0.5) is 0 Å². The minimum absolute atomic E-state index is 0.0996. The second kappa shape index (κ2) is 9.60. The van der Waals surface area contributed by atoms with Crippen LogP contribution in [-0.4, -0.2) is 61.6 Å². The van der Waals surface area contributed by atoms with Crippen molar-refractivity contribution in [1.29, 1.82) is 0 Å². The lowest BCUT2D eigenvalue weighted by atomic mass is 10.3. The summed E-state index contributed by atoms with van der Waals surface area (Å²) in [4.78, 5) is 15.7. The number of esters is 1. The predicted molar refractivity (Wildman–Crippen MR) is 66.5 cm³/mol. The molecule has 1 saturated heterocycles. The highest BCUT2D eigenvalue weighted by Crippen LogP contribution is 2.00. The number of nitrogens with zero attached hydrogens (tertiary/aromatic N) is 2. The van der Waals surface area contributed by atoms with Gasteiger partial charge in [-0.15, -0.1) is 0 Å². The Balaban J connectivity index is 0.00000106. The van der Waals surface area contributed by atoms with Crippen molar-refractivity contribution in [2.24, 2.45) is 0 Å². The molecule has 0 aliphatic carbocycles. The molecular weight excluding hydrogens is 204 g/mol. The number of piperazine rings is 1. The first kappa shape index (κ1) is 15.4. The summed E-state index contributed by atoms with van der Waals surface area (Å²) >= 11 is 0. The highest BCUT2D eigenvalue weighted by atomic mass is 16.5. The van der Waals surface area contributed by atoms with Crippen molar-refractivity contribution in [2.75, 3.05) is 45.9 Å².